The van der Waals surface area contributed by atoms with Gasteiger partial charge in [0.05, 0.1) is 6.07 Å². The van der Waals surface area contributed by atoms with Gasteiger partial charge in [-0.05, 0) is 17.7 Å². The number of benzene rings is 1. The van der Waals surface area contributed by atoms with E-state index >= 15 is 0 Å². The van der Waals surface area contributed by atoms with Crippen LogP contribution in [0.4, 0.5) is 26.3 Å². The van der Waals surface area contributed by atoms with Crippen molar-refractivity contribution in [2.45, 2.75) is 30.7 Å². The molecule has 0 aromatic heterocycles. The fourth-order valence-corrected chi connectivity index (χ4v) is 1.39. The van der Waals surface area contributed by atoms with E-state index in [2.05, 4.69) is 4.74 Å². The maximum absolute atomic E-state index is 13.0. The molecule has 0 spiro atoms. The van der Waals surface area contributed by atoms with E-state index in [0.717, 1.165) is 24.3 Å². The average molecular weight is 329 g/mol. The molecule has 0 saturated heterocycles. The largest absolute Gasteiger partial charge is 0.439 e. The van der Waals surface area contributed by atoms with Gasteiger partial charge >= 0.3 is 12.3 Å². The first-order valence-electron chi connectivity index (χ1n) is 5.62. The minimum absolute atomic E-state index is 0.0719. The fourth-order valence-electron chi connectivity index (χ4n) is 1.39. The van der Waals surface area contributed by atoms with Gasteiger partial charge in [0.1, 0.15) is 11.9 Å². The molecule has 1 rings (SSSR count). The smallest absolute Gasteiger partial charge is 0.430 e. The Kier molecular flexibility index (Phi) is 5.26. The molecule has 0 aliphatic carbocycles. The third-order valence-corrected chi connectivity index (χ3v) is 2.49. The molecule has 3 atom stereocenters. The van der Waals surface area contributed by atoms with Crippen molar-refractivity contribution in [3.05, 3.63) is 29.8 Å². The standard InChI is InChI=1S/C12H9F6NO3/c13-10(11(14,15)16)12(17,18)22-7-3-1-6(2-4-7)9(21)8(20)5-19/h1-4,8-10,20-21H/t8?,9?,10-/m1/s1. The van der Waals surface area contributed by atoms with Gasteiger partial charge in [0.2, 0.25) is 0 Å². The van der Waals surface area contributed by atoms with Crippen LogP contribution in [0.2, 0.25) is 0 Å². The van der Waals surface area contributed by atoms with Crippen LogP contribution in [0.1, 0.15) is 11.7 Å². The maximum atomic E-state index is 13.0. The summed E-state index contributed by atoms with van der Waals surface area (Å²) in [6.07, 6.45) is -18.9. The molecule has 0 radical (unpaired) electrons. The quantitative estimate of drug-likeness (QED) is 0.643. The van der Waals surface area contributed by atoms with E-state index in [4.69, 9.17) is 10.4 Å². The molecule has 0 fully saturated rings. The number of nitrogens with zero attached hydrogens (tertiary/aromatic N) is 1. The summed E-state index contributed by atoms with van der Waals surface area (Å²) in [5, 5.41) is 26.9. The highest BCUT2D eigenvalue weighted by atomic mass is 19.4. The zero-order valence-electron chi connectivity index (χ0n) is 10.6. The normalized spacial score (nSPS) is 16.5. The third kappa shape index (κ3) is 4.25. The predicted molar refractivity (Wildman–Crippen MR) is 59.5 cm³/mol. The summed E-state index contributed by atoms with van der Waals surface area (Å²) in [6, 6.07) is 4.65. The zero-order chi connectivity index (χ0) is 17.1. The summed E-state index contributed by atoms with van der Waals surface area (Å²) in [6.45, 7) is 0. The topological polar surface area (TPSA) is 73.5 Å². The van der Waals surface area contributed by atoms with Gasteiger partial charge in [-0.1, -0.05) is 12.1 Å². The Bertz CT molecular complexity index is 539. The van der Waals surface area contributed by atoms with Crippen molar-refractivity contribution in [3.63, 3.8) is 0 Å². The average Bonchev–Trinajstić information content (AvgIpc) is 2.44. The van der Waals surface area contributed by atoms with Crippen LogP contribution in [0.5, 0.6) is 5.75 Å². The van der Waals surface area contributed by atoms with E-state index in [1.54, 1.807) is 0 Å². The van der Waals surface area contributed by atoms with E-state index in [0.29, 0.717) is 0 Å². The second-order valence-electron chi connectivity index (χ2n) is 4.16. The molecule has 1 aromatic rings. The highest BCUT2D eigenvalue weighted by Crippen LogP contribution is 2.36. The Morgan fingerprint density at radius 1 is 1.05 bits per heavy atom. The lowest BCUT2D eigenvalue weighted by molar-refractivity contribution is -0.304. The molecule has 0 amide bonds. The predicted octanol–water partition coefficient (Wildman–Crippen LogP) is 2.48. The summed E-state index contributed by atoms with van der Waals surface area (Å²) in [5.74, 6) is -0.792. The van der Waals surface area contributed by atoms with E-state index in [1.165, 1.54) is 6.07 Å². The molecule has 0 bridgehead atoms. The summed E-state index contributed by atoms with van der Waals surface area (Å²) in [4.78, 5) is 0. The minimum atomic E-state index is -5.80. The molecular weight excluding hydrogens is 320 g/mol. The Labute approximate surface area is 120 Å². The van der Waals surface area contributed by atoms with Crippen molar-refractivity contribution in [1.82, 2.24) is 0 Å². The van der Waals surface area contributed by atoms with Crippen LogP contribution in [-0.2, 0) is 0 Å². The van der Waals surface area contributed by atoms with Crippen LogP contribution < -0.4 is 4.74 Å². The Balaban J connectivity index is 2.86. The lowest BCUT2D eigenvalue weighted by Gasteiger charge is -2.23. The Morgan fingerprint density at radius 3 is 1.95 bits per heavy atom. The number of halogens is 6. The van der Waals surface area contributed by atoms with Gasteiger partial charge in [-0.3, -0.25) is 0 Å². The molecule has 2 unspecified atom stereocenters. The fraction of sp³-hybridized carbons (Fsp3) is 0.417. The number of nitriles is 1. The van der Waals surface area contributed by atoms with Gasteiger partial charge in [-0.25, -0.2) is 4.39 Å². The zero-order valence-corrected chi connectivity index (χ0v) is 10.6. The summed E-state index contributed by atoms with van der Waals surface area (Å²) >= 11 is 0. The van der Waals surface area contributed by atoms with Crippen molar-refractivity contribution in [2.24, 2.45) is 0 Å². The second-order valence-corrected chi connectivity index (χ2v) is 4.16. The highest BCUT2D eigenvalue weighted by molar-refractivity contribution is 5.30. The van der Waals surface area contributed by atoms with Crippen LogP contribution in [-0.4, -0.2) is 34.8 Å². The van der Waals surface area contributed by atoms with Gasteiger partial charge in [0.25, 0.3) is 6.17 Å². The Morgan fingerprint density at radius 2 is 1.55 bits per heavy atom. The molecular formula is C12H9F6NO3. The summed E-state index contributed by atoms with van der Waals surface area (Å²) in [5.41, 5.74) is -0.0719. The number of hydrogen-bond acceptors (Lipinski definition) is 4. The first-order valence-corrected chi connectivity index (χ1v) is 5.62. The van der Waals surface area contributed by atoms with E-state index in [1.807, 2.05) is 0 Å². The molecule has 0 aliphatic heterocycles. The number of aliphatic hydroxyl groups excluding tert-OH is 2. The molecule has 0 heterocycles. The molecule has 0 saturated carbocycles. The van der Waals surface area contributed by atoms with Crippen molar-refractivity contribution in [1.29, 1.82) is 5.26 Å². The van der Waals surface area contributed by atoms with Crippen LogP contribution in [0.15, 0.2) is 24.3 Å². The van der Waals surface area contributed by atoms with Crippen LogP contribution in [0, 0.1) is 11.3 Å². The monoisotopic (exact) mass is 329 g/mol. The molecule has 122 valence electrons. The lowest BCUT2D eigenvalue weighted by atomic mass is 10.1. The van der Waals surface area contributed by atoms with E-state index < -0.39 is 36.4 Å². The van der Waals surface area contributed by atoms with Crippen molar-refractivity contribution >= 4 is 0 Å². The minimum Gasteiger partial charge on any atom is -0.430 e. The van der Waals surface area contributed by atoms with Gasteiger partial charge < -0.3 is 14.9 Å². The molecule has 22 heavy (non-hydrogen) atoms. The number of hydrogen-bond donors (Lipinski definition) is 2. The first kappa shape index (κ1) is 18.1. The van der Waals surface area contributed by atoms with Gasteiger partial charge in [-0.2, -0.15) is 27.2 Å². The van der Waals surface area contributed by atoms with Crippen molar-refractivity contribution in [2.75, 3.05) is 0 Å². The summed E-state index contributed by atoms with van der Waals surface area (Å²) in [7, 11) is 0. The first-order chi connectivity index (χ1) is 9.99. The van der Waals surface area contributed by atoms with Gasteiger partial charge in [0.15, 0.2) is 6.10 Å². The molecule has 4 nitrogen and oxygen atoms in total. The molecule has 0 aliphatic rings. The van der Waals surface area contributed by atoms with Crippen LogP contribution in [0.3, 0.4) is 0 Å². The maximum Gasteiger partial charge on any atom is 0.439 e. The van der Waals surface area contributed by atoms with Crippen molar-refractivity contribution < 1.29 is 41.3 Å². The van der Waals surface area contributed by atoms with E-state index in [-0.39, 0.29) is 5.56 Å². The number of ether oxygens (including phenoxy) is 1. The van der Waals surface area contributed by atoms with Gasteiger partial charge in [-0.15, -0.1) is 0 Å². The number of rotatable bonds is 5. The third-order valence-electron chi connectivity index (χ3n) is 2.49. The van der Waals surface area contributed by atoms with Gasteiger partial charge in [0, 0.05) is 0 Å². The number of alkyl halides is 6. The SMILES string of the molecule is N#CC(O)C(O)c1ccc(OC(F)(F)[C@H](F)C(F)(F)F)cc1. The van der Waals surface area contributed by atoms with Crippen LogP contribution >= 0.6 is 0 Å². The molecule has 2 N–H and O–H groups in total. The molecule has 10 heteroatoms. The molecule has 1 aromatic carbocycles. The Hall–Kier alpha value is -1.99. The second kappa shape index (κ2) is 6.41. The number of aliphatic hydroxyl groups is 2. The lowest BCUT2D eigenvalue weighted by Crippen LogP contribution is -2.45. The van der Waals surface area contributed by atoms with E-state index in [9.17, 15) is 31.4 Å². The van der Waals surface area contributed by atoms with Crippen LogP contribution in [0.25, 0.3) is 0 Å². The van der Waals surface area contributed by atoms with Crippen molar-refractivity contribution in [3.8, 4) is 11.8 Å². The summed E-state index contributed by atoms with van der Waals surface area (Å²) < 4.78 is 78.0. The highest BCUT2D eigenvalue weighted by Gasteiger charge is 2.59.